The Kier molecular flexibility index (Phi) is 6.27. The van der Waals surface area contributed by atoms with Gasteiger partial charge in [-0.05, 0) is 44.4 Å². The Morgan fingerprint density at radius 3 is 3.16 bits per heavy atom. The molecule has 19 heavy (non-hydrogen) atoms. The summed E-state index contributed by atoms with van der Waals surface area (Å²) in [6.07, 6.45) is 5.60. The van der Waals surface area contributed by atoms with E-state index in [0.29, 0.717) is 6.10 Å². The zero-order valence-corrected chi connectivity index (χ0v) is 11.7. The topological polar surface area (TPSA) is 43.4 Å². The number of rotatable bonds is 8. The average Bonchev–Trinajstić information content (AvgIpc) is 2.93. The van der Waals surface area contributed by atoms with Crippen molar-refractivity contribution in [2.45, 2.75) is 38.8 Å². The predicted molar refractivity (Wildman–Crippen MR) is 75.1 cm³/mol. The summed E-state index contributed by atoms with van der Waals surface area (Å²) in [7, 11) is 0. The van der Waals surface area contributed by atoms with Crippen LogP contribution >= 0.6 is 0 Å². The van der Waals surface area contributed by atoms with Gasteiger partial charge < -0.3 is 14.8 Å². The third kappa shape index (κ3) is 5.68. The minimum atomic E-state index is 0.338. The summed E-state index contributed by atoms with van der Waals surface area (Å²) in [5.74, 6) is 0. The number of ether oxygens (including phenoxy) is 2. The molecule has 0 amide bonds. The third-order valence-electron chi connectivity index (χ3n) is 3.25. The van der Waals surface area contributed by atoms with Gasteiger partial charge in [0.25, 0.3) is 0 Å². The molecule has 0 bridgehead atoms. The lowest BCUT2D eigenvalue weighted by Crippen LogP contribution is -2.19. The molecular weight excluding hydrogens is 240 g/mol. The largest absolute Gasteiger partial charge is 0.379 e. The minimum absolute atomic E-state index is 0.338. The van der Waals surface area contributed by atoms with Gasteiger partial charge in [-0.15, -0.1) is 0 Å². The van der Waals surface area contributed by atoms with E-state index in [2.05, 4.69) is 29.4 Å². The Labute approximate surface area is 115 Å². The molecule has 1 fully saturated rings. The van der Waals surface area contributed by atoms with Gasteiger partial charge in [0.2, 0.25) is 0 Å². The summed E-state index contributed by atoms with van der Waals surface area (Å²) in [6, 6.07) is 4.16. The molecule has 1 saturated heterocycles. The molecule has 0 radical (unpaired) electrons. The van der Waals surface area contributed by atoms with Gasteiger partial charge in [0.15, 0.2) is 0 Å². The summed E-state index contributed by atoms with van der Waals surface area (Å²) in [5, 5.41) is 3.38. The smallest absolute Gasteiger partial charge is 0.0809 e. The third-order valence-corrected chi connectivity index (χ3v) is 3.25. The van der Waals surface area contributed by atoms with Gasteiger partial charge in [-0.3, -0.25) is 4.98 Å². The van der Waals surface area contributed by atoms with E-state index in [0.717, 1.165) is 51.4 Å². The van der Waals surface area contributed by atoms with Crippen molar-refractivity contribution in [3.05, 3.63) is 29.6 Å². The second kappa shape index (κ2) is 8.25. The fourth-order valence-electron chi connectivity index (χ4n) is 2.11. The van der Waals surface area contributed by atoms with Crippen LogP contribution in [0, 0.1) is 6.92 Å². The van der Waals surface area contributed by atoms with Crippen LogP contribution in [0.15, 0.2) is 18.3 Å². The molecule has 1 aliphatic rings. The van der Waals surface area contributed by atoms with E-state index in [9.17, 15) is 0 Å². The van der Waals surface area contributed by atoms with Crippen molar-refractivity contribution in [1.29, 1.82) is 0 Å². The van der Waals surface area contributed by atoms with Gasteiger partial charge in [-0.25, -0.2) is 0 Å². The van der Waals surface area contributed by atoms with Gasteiger partial charge in [-0.1, -0.05) is 6.07 Å². The van der Waals surface area contributed by atoms with Crippen molar-refractivity contribution in [2.75, 3.05) is 26.4 Å². The van der Waals surface area contributed by atoms with E-state index in [-0.39, 0.29) is 0 Å². The summed E-state index contributed by atoms with van der Waals surface area (Å²) in [4.78, 5) is 4.35. The molecule has 0 aliphatic carbocycles. The van der Waals surface area contributed by atoms with Crippen molar-refractivity contribution in [1.82, 2.24) is 10.3 Å². The van der Waals surface area contributed by atoms with Gasteiger partial charge in [0, 0.05) is 26.0 Å². The first-order valence-electron chi connectivity index (χ1n) is 7.16. The molecule has 1 aromatic heterocycles. The first-order valence-corrected chi connectivity index (χ1v) is 7.16. The first-order chi connectivity index (χ1) is 9.34. The molecule has 1 N–H and O–H groups in total. The van der Waals surface area contributed by atoms with Crippen LogP contribution in [0.1, 0.15) is 30.5 Å². The lowest BCUT2D eigenvalue weighted by Gasteiger charge is -2.10. The number of hydrogen-bond donors (Lipinski definition) is 1. The summed E-state index contributed by atoms with van der Waals surface area (Å²) in [6.45, 7) is 6.29. The van der Waals surface area contributed by atoms with Crippen LogP contribution in [0.5, 0.6) is 0 Å². The second-order valence-electron chi connectivity index (χ2n) is 5.07. The highest BCUT2D eigenvalue weighted by atomic mass is 16.5. The lowest BCUT2D eigenvalue weighted by molar-refractivity contribution is 0.0166. The Morgan fingerprint density at radius 2 is 2.42 bits per heavy atom. The quantitative estimate of drug-likeness (QED) is 0.730. The average molecular weight is 264 g/mol. The van der Waals surface area contributed by atoms with E-state index < -0.39 is 0 Å². The van der Waals surface area contributed by atoms with E-state index in [1.807, 2.05) is 6.20 Å². The van der Waals surface area contributed by atoms with Gasteiger partial charge in [0.05, 0.1) is 18.4 Å². The lowest BCUT2D eigenvalue weighted by atomic mass is 10.2. The van der Waals surface area contributed by atoms with Crippen LogP contribution in [0.4, 0.5) is 0 Å². The van der Waals surface area contributed by atoms with E-state index in [1.165, 1.54) is 12.0 Å². The van der Waals surface area contributed by atoms with Crippen molar-refractivity contribution < 1.29 is 9.47 Å². The molecule has 0 spiro atoms. The predicted octanol–water partition coefficient (Wildman–Crippen LogP) is 2.07. The molecule has 106 valence electrons. The van der Waals surface area contributed by atoms with Crippen molar-refractivity contribution >= 4 is 0 Å². The number of nitrogens with zero attached hydrogens (tertiary/aromatic N) is 1. The highest BCUT2D eigenvalue weighted by molar-refractivity contribution is 5.11. The Hall–Kier alpha value is -0.970. The standard InChI is InChI=1S/C15H24N2O2/c1-13-5-6-14(17-10-13)11-16-7-3-8-18-12-15-4-2-9-19-15/h5-6,10,15-16H,2-4,7-9,11-12H2,1H3. The van der Waals surface area contributed by atoms with Crippen molar-refractivity contribution in [3.63, 3.8) is 0 Å². The van der Waals surface area contributed by atoms with Gasteiger partial charge in [-0.2, -0.15) is 0 Å². The Balaban J connectivity index is 1.44. The molecule has 0 saturated carbocycles. The molecule has 1 aliphatic heterocycles. The monoisotopic (exact) mass is 264 g/mol. The maximum Gasteiger partial charge on any atom is 0.0809 e. The van der Waals surface area contributed by atoms with Crippen LogP contribution in [0.25, 0.3) is 0 Å². The van der Waals surface area contributed by atoms with Gasteiger partial charge >= 0.3 is 0 Å². The van der Waals surface area contributed by atoms with Crippen LogP contribution in [-0.2, 0) is 16.0 Å². The second-order valence-corrected chi connectivity index (χ2v) is 5.07. The highest BCUT2D eigenvalue weighted by Gasteiger charge is 2.14. The molecule has 2 heterocycles. The first kappa shape index (κ1) is 14.4. The molecule has 0 aromatic carbocycles. The minimum Gasteiger partial charge on any atom is -0.379 e. The van der Waals surface area contributed by atoms with Crippen LogP contribution in [0.3, 0.4) is 0 Å². The molecule has 2 rings (SSSR count). The maximum absolute atomic E-state index is 5.60. The van der Waals surface area contributed by atoms with Crippen LogP contribution in [0.2, 0.25) is 0 Å². The van der Waals surface area contributed by atoms with Crippen molar-refractivity contribution in [3.8, 4) is 0 Å². The number of aromatic nitrogens is 1. The SMILES string of the molecule is Cc1ccc(CNCCCOCC2CCCO2)nc1. The van der Waals surface area contributed by atoms with E-state index in [1.54, 1.807) is 0 Å². The molecular formula is C15H24N2O2. The fraction of sp³-hybridized carbons (Fsp3) is 0.667. The Bertz CT molecular complexity index is 348. The fourth-order valence-corrected chi connectivity index (χ4v) is 2.11. The number of aryl methyl sites for hydroxylation is 1. The molecule has 1 atom stereocenters. The molecule has 4 heteroatoms. The van der Waals surface area contributed by atoms with E-state index in [4.69, 9.17) is 9.47 Å². The number of hydrogen-bond acceptors (Lipinski definition) is 4. The van der Waals surface area contributed by atoms with Gasteiger partial charge in [0.1, 0.15) is 0 Å². The number of pyridine rings is 1. The maximum atomic E-state index is 5.60. The molecule has 1 unspecified atom stereocenters. The normalized spacial score (nSPS) is 18.9. The van der Waals surface area contributed by atoms with Crippen LogP contribution < -0.4 is 5.32 Å². The molecule has 4 nitrogen and oxygen atoms in total. The number of nitrogens with one attached hydrogen (secondary N) is 1. The highest BCUT2D eigenvalue weighted by Crippen LogP contribution is 2.11. The summed E-state index contributed by atoms with van der Waals surface area (Å²) in [5.41, 5.74) is 2.29. The zero-order chi connectivity index (χ0) is 13.3. The summed E-state index contributed by atoms with van der Waals surface area (Å²) < 4.78 is 11.1. The van der Waals surface area contributed by atoms with E-state index >= 15 is 0 Å². The zero-order valence-electron chi connectivity index (χ0n) is 11.7. The van der Waals surface area contributed by atoms with Crippen LogP contribution in [-0.4, -0.2) is 37.5 Å². The Morgan fingerprint density at radius 1 is 1.47 bits per heavy atom. The molecule has 1 aromatic rings. The van der Waals surface area contributed by atoms with Crippen molar-refractivity contribution in [2.24, 2.45) is 0 Å². The summed E-state index contributed by atoms with van der Waals surface area (Å²) >= 11 is 0.